The molecule has 1 aliphatic rings. The van der Waals surface area contributed by atoms with Crippen molar-refractivity contribution in [1.29, 1.82) is 0 Å². The SMILES string of the molecule is C=CCN(CC(=O)N(Cc1ccccc1)Cc1coc2ccc(C)cc2c1=O)C(=O)C1CCC1. The lowest BCUT2D eigenvalue weighted by Gasteiger charge is -2.32. The second-order valence-corrected chi connectivity index (χ2v) is 8.96. The lowest BCUT2D eigenvalue weighted by Crippen LogP contribution is -2.46. The van der Waals surface area contributed by atoms with Crippen molar-refractivity contribution in [3.8, 4) is 0 Å². The number of carbonyl (C=O) groups is 2. The van der Waals surface area contributed by atoms with E-state index in [1.165, 1.54) is 6.26 Å². The fraction of sp³-hybridized carbons (Fsp3) is 0.321. The van der Waals surface area contributed by atoms with Gasteiger partial charge in [0, 0.05) is 19.0 Å². The molecule has 0 spiro atoms. The molecule has 0 saturated heterocycles. The van der Waals surface area contributed by atoms with Gasteiger partial charge >= 0.3 is 0 Å². The van der Waals surface area contributed by atoms with Crippen LogP contribution in [-0.4, -0.2) is 34.7 Å². The Morgan fingerprint density at radius 3 is 2.53 bits per heavy atom. The number of fused-ring (bicyclic) bond motifs is 1. The van der Waals surface area contributed by atoms with Crippen molar-refractivity contribution in [3.05, 3.63) is 94.4 Å². The van der Waals surface area contributed by atoms with E-state index in [1.807, 2.05) is 43.3 Å². The predicted molar refractivity (Wildman–Crippen MR) is 132 cm³/mol. The summed E-state index contributed by atoms with van der Waals surface area (Å²) in [5.74, 6) is -0.229. The lowest BCUT2D eigenvalue weighted by atomic mass is 9.84. The Bertz CT molecular complexity index is 1240. The molecule has 1 heterocycles. The van der Waals surface area contributed by atoms with E-state index in [0.717, 1.165) is 30.4 Å². The van der Waals surface area contributed by atoms with Crippen molar-refractivity contribution in [3.63, 3.8) is 0 Å². The number of hydrogen-bond acceptors (Lipinski definition) is 4. The number of nitrogens with zero attached hydrogens (tertiary/aromatic N) is 2. The largest absolute Gasteiger partial charge is 0.464 e. The van der Waals surface area contributed by atoms with Crippen molar-refractivity contribution < 1.29 is 14.0 Å². The van der Waals surface area contributed by atoms with Crippen LogP contribution in [0, 0.1) is 12.8 Å². The third-order valence-electron chi connectivity index (χ3n) is 6.37. The molecule has 6 nitrogen and oxygen atoms in total. The molecule has 0 bridgehead atoms. The molecule has 2 aromatic carbocycles. The summed E-state index contributed by atoms with van der Waals surface area (Å²) in [5.41, 5.74) is 2.68. The van der Waals surface area contributed by atoms with Gasteiger partial charge in [0.25, 0.3) is 0 Å². The van der Waals surface area contributed by atoms with Gasteiger partial charge in [-0.3, -0.25) is 14.4 Å². The summed E-state index contributed by atoms with van der Waals surface area (Å²) >= 11 is 0. The van der Waals surface area contributed by atoms with Gasteiger partial charge in [0.1, 0.15) is 12.1 Å². The van der Waals surface area contributed by atoms with Crippen molar-refractivity contribution >= 4 is 22.8 Å². The standard InChI is InChI=1S/C28H30N2O4/c1-3-14-29(28(33)22-10-7-11-22)18-26(31)30(16-21-8-5-4-6-9-21)17-23-19-34-25-13-12-20(2)15-24(25)27(23)32/h3-6,8-9,12-13,15,19,22H,1,7,10-11,14,16-18H2,2H3. The summed E-state index contributed by atoms with van der Waals surface area (Å²) in [6.07, 6.45) is 5.86. The first kappa shape index (κ1) is 23.5. The Kier molecular flexibility index (Phi) is 7.26. The topological polar surface area (TPSA) is 70.8 Å². The van der Waals surface area contributed by atoms with Gasteiger partial charge in [0.2, 0.25) is 11.8 Å². The van der Waals surface area contributed by atoms with E-state index >= 15 is 0 Å². The second-order valence-electron chi connectivity index (χ2n) is 8.96. The lowest BCUT2D eigenvalue weighted by molar-refractivity contribution is -0.144. The van der Waals surface area contributed by atoms with Gasteiger partial charge in [-0.25, -0.2) is 0 Å². The first-order valence-electron chi connectivity index (χ1n) is 11.7. The van der Waals surface area contributed by atoms with Crippen LogP contribution < -0.4 is 5.43 Å². The van der Waals surface area contributed by atoms with E-state index in [-0.39, 0.29) is 36.3 Å². The monoisotopic (exact) mass is 458 g/mol. The first-order valence-corrected chi connectivity index (χ1v) is 11.7. The van der Waals surface area contributed by atoms with Crippen LogP contribution in [0.5, 0.6) is 0 Å². The summed E-state index contributed by atoms with van der Waals surface area (Å²) in [7, 11) is 0. The second kappa shape index (κ2) is 10.5. The van der Waals surface area contributed by atoms with Crippen molar-refractivity contribution in [2.45, 2.75) is 39.3 Å². The van der Waals surface area contributed by atoms with Gasteiger partial charge in [-0.2, -0.15) is 0 Å². The molecule has 176 valence electrons. The highest BCUT2D eigenvalue weighted by Gasteiger charge is 2.31. The summed E-state index contributed by atoms with van der Waals surface area (Å²) in [4.78, 5) is 42.7. The molecule has 1 aliphatic carbocycles. The van der Waals surface area contributed by atoms with E-state index in [2.05, 4.69) is 6.58 Å². The zero-order chi connectivity index (χ0) is 24.1. The minimum absolute atomic E-state index is 0.000134. The third-order valence-corrected chi connectivity index (χ3v) is 6.37. The molecule has 6 heteroatoms. The molecule has 3 aromatic rings. The molecular formula is C28H30N2O4. The zero-order valence-corrected chi connectivity index (χ0v) is 19.5. The first-order chi connectivity index (χ1) is 16.5. The molecule has 1 fully saturated rings. The van der Waals surface area contributed by atoms with Gasteiger partial charge in [-0.1, -0.05) is 54.5 Å². The van der Waals surface area contributed by atoms with Crippen molar-refractivity contribution in [2.24, 2.45) is 5.92 Å². The van der Waals surface area contributed by atoms with Crippen LogP contribution in [0.2, 0.25) is 0 Å². The molecular weight excluding hydrogens is 428 g/mol. The summed E-state index contributed by atoms with van der Waals surface area (Å²) in [6, 6.07) is 15.1. The molecule has 4 rings (SSSR count). The van der Waals surface area contributed by atoms with E-state index in [9.17, 15) is 14.4 Å². The highest BCUT2D eigenvalue weighted by molar-refractivity contribution is 5.86. The quantitative estimate of drug-likeness (QED) is 0.445. The predicted octanol–water partition coefficient (Wildman–Crippen LogP) is 4.44. The third kappa shape index (κ3) is 5.28. The molecule has 0 atom stereocenters. The summed E-state index contributed by atoms with van der Waals surface area (Å²) in [6.45, 7) is 6.36. The fourth-order valence-electron chi connectivity index (χ4n) is 4.20. The van der Waals surface area contributed by atoms with Crippen LogP contribution in [0.1, 0.15) is 36.0 Å². The molecule has 0 radical (unpaired) electrons. The Balaban J connectivity index is 1.61. The zero-order valence-electron chi connectivity index (χ0n) is 19.5. The van der Waals surface area contributed by atoms with Crippen LogP contribution in [0.3, 0.4) is 0 Å². The normalized spacial score (nSPS) is 13.3. The molecule has 0 aliphatic heterocycles. The average molecular weight is 459 g/mol. The van der Waals surface area contributed by atoms with Crippen molar-refractivity contribution in [2.75, 3.05) is 13.1 Å². The number of benzene rings is 2. The highest BCUT2D eigenvalue weighted by Crippen LogP contribution is 2.28. The Hall–Kier alpha value is -3.67. The Morgan fingerprint density at radius 1 is 1.09 bits per heavy atom. The smallest absolute Gasteiger partial charge is 0.242 e. The number of hydrogen-bond donors (Lipinski definition) is 0. The van der Waals surface area contributed by atoms with Crippen molar-refractivity contribution in [1.82, 2.24) is 9.80 Å². The summed E-state index contributed by atoms with van der Waals surface area (Å²) < 4.78 is 5.71. The van der Waals surface area contributed by atoms with E-state index in [4.69, 9.17) is 4.42 Å². The van der Waals surface area contributed by atoms with Crippen LogP contribution in [0.25, 0.3) is 11.0 Å². The maximum absolute atomic E-state index is 13.5. The van der Waals surface area contributed by atoms with Gasteiger partial charge in [-0.15, -0.1) is 6.58 Å². The van der Waals surface area contributed by atoms with Gasteiger partial charge in [0.15, 0.2) is 5.43 Å². The molecule has 0 N–H and O–H groups in total. The molecule has 34 heavy (non-hydrogen) atoms. The maximum atomic E-state index is 13.5. The number of amides is 2. The molecule has 1 saturated carbocycles. The average Bonchev–Trinajstić information content (AvgIpc) is 2.79. The van der Waals surface area contributed by atoms with E-state index in [0.29, 0.717) is 29.6 Å². The van der Waals surface area contributed by atoms with Gasteiger partial charge < -0.3 is 14.2 Å². The molecule has 0 unspecified atom stereocenters. The van der Waals surface area contributed by atoms with E-state index < -0.39 is 0 Å². The molecule has 2 amide bonds. The van der Waals surface area contributed by atoms with Crippen LogP contribution in [0.4, 0.5) is 0 Å². The van der Waals surface area contributed by atoms with Gasteiger partial charge in [-0.05, 0) is 37.5 Å². The number of rotatable bonds is 9. The highest BCUT2D eigenvalue weighted by atomic mass is 16.3. The maximum Gasteiger partial charge on any atom is 0.242 e. The minimum Gasteiger partial charge on any atom is -0.464 e. The van der Waals surface area contributed by atoms with Crippen LogP contribution >= 0.6 is 0 Å². The fourth-order valence-corrected chi connectivity index (χ4v) is 4.20. The Labute approximate surface area is 199 Å². The minimum atomic E-state index is -0.220. The number of aryl methyl sites for hydroxylation is 1. The van der Waals surface area contributed by atoms with E-state index in [1.54, 1.807) is 28.0 Å². The Morgan fingerprint density at radius 2 is 1.85 bits per heavy atom. The van der Waals surface area contributed by atoms with Crippen LogP contribution in [-0.2, 0) is 22.7 Å². The van der Waals surface area contributed by atoms with Crippen LogP contribution in [0.15, 0.2) is 76.7 Å². The summed E-state index contributed by atoms with van der Waals surface area (Å²) in [5, 5.41) is 0.498. The number of carbonyl (C=O) groups excluding carboxylic acids is 2. The van der Waals surface area contributed by atoms with Gasteiger partial charge in [0.05, 0.1) is 23.8 Å². The molecule has 1 aromatic heterocycles.